The van der Waals surface area contributed by atoms with Crippen LogP contribution in [0.15, 0.2) is 24.3 Å². The summed E-state index contributed by atoms with van der Waals surface area (Å²) < 4.78 is 15.8. The Balaban J connectivity index is 2.51. The molecule has 0 amide bonds. The topological polar surface area (TPSA) is 53.7 Å². The van der Waals surface area contributed by atoms with Crippen LogP contribution in [0.2, 0.25) is 0 Å². The van der Waals surface area contributed by atoms with Crippen LogP contribution in [0.4, 0.5) is 5.69 Å². The number of methoxy groups -OCH3 is 1. The maximum Gasteiger partial charge on any atom is 0.199 e. The molecule has 0 saturated heterocycles. The lowest BCUT2D eigenvalue weighted by atomic mass is 10.3. The van der Waals surface area contributed by atoms with Crippen LogP contribution in [0.25, 0.3) is 0 Å². The minimum Gasteiger partial charge on any atom is -0.463 e. The van der Waals surface area contributed by atoms with Gasteiger partial charge in [0, 0.05) is 7.11 Å². The smallest absolute Gasteiger partial charge is 0.199 e. The van der Waals surface area contributed by atoms with Gasteiger partial charge in [-0.25, -0.2) is 0 Å². The molecule has 0 heterocycles. The monoisotopic (exact) mass is 211 g/mol. The summed E-state index contributed by atoms with van der Waals surface area (Å²) in [5.74, 6) is 0.619. The lowest BCUT2D eigenvalue weighted by molar-refractivity contribution is -0.192. The molecular formula is C11H17NO3. The van der Waals surface area contributed by atoms with Crippen molar-refractivity contribution in [3.63, 3.8) is 0 Å². The molecule has 0 fully saturated rings. The predicted octanol–water partition coefficient (Wildman–Crippen LogP) is 2.00. The number of anilines is 1. The van der Waals surface area contributed by atoms with Crippen LogP contribution in [0.1, 0.15) is 13.8 Å². The molecule has 0 aliphatic heterocycles. The third-order valence-electron chi connectivity index (χ3n) is 1.93. The maximum atomic E-state index is 5.72. The number of nitrogens with two attached hydrogens (primary N) is 1. The van der Waals surface area contributed by atoms with Gasteiger partial charge in [-0.1, -0.05) is 12.1 Å². The Morgan fingerprint density at radius 3 is 2.40 bits per heavy atom. The highest BCUT2D eigenvalue weighted by atomic mass is 16.8. The Morgan fingerprint density at radius 2 is 1.80 bits per heavy atom. The minimum absolute atomic E-state index is 0.301. The van der Waals surface area contributed by atoms with E-state index in [4.69, 9.17) is 19.9 Å². The fourth-order valence-electron chi connectivity index (χ4n) is 1.12. The van der Waals surface area contributed by atoms with Gasteiger partial charge >= 0.3 is 0 Å². The number of hydrogen-bond donors (Lipinski definition) is 1. The van der Waals surface area contributed by atoms with Crippen LogP contribution in [0.5, 0.6) is 5.75 Å². The van der Waals surface area contributed by atoms with Crippen LogP contribution < -0.4 is 10.5 Å². The Kier molecular flexibility index (Phi) is 4.39. The second kappa shape index (κ2) is 5.58. The first-order chi connectivity index (χ1) is 7.13. The lowest BCUT2D eigenvalue weighted by Gasteiger charge is -2.19. The van der Waals surface area contributed by atoms with Crippen LogP contribution >= 0.6 is 0 Å². The highest BCUT2D eigenvalue weighted by Crippen LogP contribution is 2.21. The fraction of sp³-hybridized carbons (Fsp3) is 0.455. The van der Waals surface area contributed by atoms with Crippen molar-refractivity contribution >= 4 is 5.69 Å². The number of benzene rings is 1. The molecule has 1 aromatic rings. The first-order valence-electron chi connectivity index (χ1n) is 4.83. The van der Waals surface area contributed by atoms with E-state index in [0.29, 0.717) is 11.4 Å². The Bertz CT molecular complexity index is 304. The first-order valence-corrected chi connectivity index (χ1v) is 4.83. The summed E-state index contributed by atoms with van der Waals surface area (Å²) in [5.41, 5.74) is 6.32. The molecule has 0 aromatic heterocycles. The summed E-state index contributed by atoms with van der Waals surface area (Å²) in [6.07, 6.45) is -0.699. The van der Waals surface area contributed by atoms with E-state index >= 15 is 0 Å². The number of rotatable bonds is 5. The molecule has 2 atom stereocenters. The van der Waals surface area contributed by atoms with Gasteiger partial charge in [0.05, 0.1) is 5.69 Å². The zero-order valence-electron chi connectivity index (χ0n) is 9.27. The zero-order chi connectivity index (χ0) is 11.3. The summed E-state index contributed by atoms with van der Waals surface area (Å²) in [6.45, 7) is 3.59. The van der Waals surface area contributed by atoms with Gasteiger partial charge in [0.2, 0.25) is 0 Å². The van der Waals surface area contributed by atoms with Gasteiger partial charge in [-0.2, -0.15) is 0 Å². The molecule has 0 aliphatic carbocycles. The van der Waals surface area contributed by atoms with Gasteiger partial charge in [0.1, 0.15) is 5.75 Å². The van der Waals surface area contributed by atoms with Gasteiger partial charge < -0.3 is 19.9 Å². The van der Waals surface area contributed by atoms with Gasteiger partial charge in [-0.05, 0) is 26.0 Å². The standard InChI is InChI=1S/C11H17NO3/c1-8(13-3)14-9(2)15-11-7-5-4-6-10(11)12/h4-9H,12H2,1-3H3. The van der Waals surface area contributed by atoms with Gasteiger partial charge in [-0.15, -0.1) is 0 Å². The molecule has 0 aliphatic rings. The molecule has 4 heteroatoms. The van der Waals surface area contributed by atoms with E-state index in [1.165, 1.54) is 0 Å². The maximum absolute atomic E-state index is 5.72. The van der Waals surface area contributed by atoms with Crippen molar-refractivity contribution in [3.05, 3.63) is 24.3 Å². The van der Waals surface area contributed by atoms with Crippen molar-refractivity contribution in [1.82, 2.24) is 0 Å². The third kappa shape index (κ3) is 3.77. The van der Waals surface area contributed by atoms with Crippen molar-refractivity contribution in [2.24, 2.45) is 0 Å². The average Bonchev–Trinajstić information content (AvgIpc) is 2.21. The summed E-state index contributed by atoms with van der Waals surface area (Å²) in [6, 6.07) is 7.29. The Labute approximate surface area is 89.9 Å². The van der Waals surface area contributed by atoms with Crippen LogP contribution in [-0.2, 0) is 9.47 Å². The molecule has 1 aromatic carbocycles. The third-order valence-corrected chi connectivity index (χ3v) is 1.93. The largest absolute Gasteiger partial charge is 0.463 e. The zero-order valence-corrected chi connectivity index (χ0v) is 9.27. The summed E-state index contributed by atoms with van der Waals surface area (Å²) in [4.78, 5) is 0. The van der Waals surface area contributed by atoms with E-state index in [-0.39, 0.29) is 6.29 Å². The SMILES string of the molecule is COC(C)OC(C)Oc1ccccc1N. The van der Waals surface area contributed by atoms with E-state index in [0.717, 1.165) is 0 Å². The lowest BCUT2D eigenvalue weighted by Crippen LogP contribution is -2.23. The normalized spacial score (nSPS) is 14.6. The van der Waals surface area contributed by atoms with Gasteiger partial charge in [0.15, 0.2) is 12.6 Å². The van der Waals surface area contributed by atoms with Crippen molar-refractivity contribution in [2.45, 2.75) is 26.4 Å². The van der Waals surface area contributed by atoms with Crippen LogP contribution in [0.3, 0.4) is 0 Å². The van der Waals surface area contributed by atoms with Crippen LogP contribution in [-0.4, -0.2) is 19.7 Å². The number of ether oxygens (including phenoxy) is 3. The van der Waals surface area contributed by atoms with Crippen molar-refractivity contribution < 1.29 is 14.2 Å². The molecular weight excluding hydrogens is 194 g/mol. The molecule has 15 heavy (non-hydrogen) atoms. The van der Waals surface area contributed by atoms with E-state index in [1.807, 2.05) is 12.1 Å². The molecule has 2 N–H and O–H groups in total. The fourth-order valence-corrected chi connectivity index (χ4v) is 1.12. The van der Waals surface area contributed by atoms with Crippen molar-refractivity contribution in [1.29, 1.82) is 0 Å². The Hall–Kier alpha value is -1.26. The molecule has 4 nitrogen and oxygen atoms in total. The average molecular weight is 211 g/mol. The highest BCUT2D eigenvalue weighted by Gasteiger charge is 2.09. The molecule has 1 rings (SSSR count). The quantitative estimate of drug-likeness (QED) is 0.598. The predicted molar refractivity (Wildman–Crippen MR) is 58.5 cm³/mol. The molecule has 0 radical (unpaired) electrons. The molecule has 0 saturated carbocycles. The number of hydrogen-bond acceptors (Lipinski definition) is 4. The molecule has 0 spiro atoms. The van der Waals surface area contributed by atoms with E-state index in [9.17, 15) is 0 Å². The molecule has 2 unspecified atom stereocenters. The highest BCUT2D eigenvalue weighted by molar-refractivity contribution is 5.51. The first kappa shape index (κ1) is 11.8. The van der Waals surface area contributed by atoms with Crippen molar-refractivity contribution in [3.8, 4) is 5.75 Å². The van der Waals surface area contributed by atoms with Gasteiger partial charge in [0.25, 0.3) is 0 Å². The molecule has 84 valence electrons. The summed E-state index contributed by atoms with van der Waals surface area (Å²) in [5, 5.41) is 0. The number of nitrogen functional groups attached to an aromatic ring is 1. The van der Waals surface area contributed by atoms with E-state index < -0.39 is 6.29 Å². The van der Waals surface area contributed by atoms with Crippen LogP contribution in [0, 0.1) is 0 Å². The van der Waals surface area contributed by atoms with Crippen molar-refractivity contribution in [2.75, 3.05) is 12.8 Å². The molecule has 0 bridgehead atoms. The van der Waals surface area contributed by atoms with E-state index in [1.54, 1.807) is 33.1 Å². The van der Waals surface area contributed by atoms with Gasteiger partial charge in [-0.3, -0.25) is 0 Å². The summed E-state index contributed by atoms with van der Waals surface area (Å²) >= 11 is 0. The number of para-hydroxylation sites is 2. The second-order valence-electron chi connectivity index (χ2n) is 3.16. The minimum atomic E-state index is -0.398. The van der Waals surface area contributed by atoms with E-state index in [2.05, 4.69) is 0 Å². The second-order valence-corrected chi connectivity index (χ2v) is 3.16. The Morgan fingerprint density at radius 1 is 1.13 bits per heavy atom. The summed E-state index contributed by atoms with van der Waals surface area (Å²) in [7, 11) is 1.58.